The quantitative estimate of drug-likeness (QED) is 0.0721. The summed E-state index contributed by atoms with van der Waals surface area (Å²) in [6.45, 7) is 12.8. The fourth-order valence-electron chi connectivity index (χ4n) is 4.69. The number of hydrogen-bond donors (Lipinski definition) is 1. The van der Waals surface area contributed by atoms with Crippen molar-refractivity contribution in [1.29, 1.82) is 0 Å². The van der Waals surface area contributed by atoms with Crippen LogP contribution in [0.25, 0.3) is 0 Å². The van der Waals surface area contributed by atoms with Gasteiger partial charge in [0.2, 0.25) is 0 Å². The summed E-state index contributed by atoms with van der Waals surface area (Å²) in [5.41, 5.74) is 3.30. The maximum absolute atomic E-state index is 13.0. The summed E-state index contributed by atoms with van der Waals surface area (Å²) >= 11 is 0. The Labute approximate surface area is 268 Å². The number of nitrogens with one attached hydrogen (secondary N) is 1. The molecular weight excluding hydrogens is 566 g/mol. The first-order chi connectivity index (χ1) is 21.5. The van der Waals surface area contributed by atoms with Gasteiger partial charge in [-0.1, -0.05) is 84.2 Å². The van der Waals surface area contributed by atoms with E-state index in [1.807, 2.05) is 24.3 Å². The molecule has 3 aromatic carbocycles. The van der Waals surface area contributed by atoms with Gasteiger partial charge in [0.25, 0.3) is 5.91 Å². The Hall–Kier alpha value is -4.39. The fourth-order valence-corrected chi connectivity index (χ4v) is 4.69. The molecular formula is C38H47NO6. The molecule has 0 saturated carbocycles. The first-order valence-electron chi connectivity index (χ1n) is 15.7. The van der Waals surface area contributed by atoms with E-state index in [1.165, 1.54) is 26.4 Å². The van der Waals surface area contributed by atoms with E-state index in [9.17, 15) is 14.4 Å². The molecule has 0 fully saturated rings. The van der Waals surface area contributed by atoms with E-state index in [2.05, 4.69) is 39.6 Å². The minimum absolute atomic E-state index is 0.00922. The van der Waals surface area contributed by atoms with Gasteiger partial charge in [0.1, 0.15) is 11.5 Å². The second-order valence-electron chi connectivity index (χ2n) is 12.2. The van der Waals surface area contributed by atoms with Gasteiger partial charge >= 0.3 is 5.97 Å². The van der Waals surface area contributed by atoms with Gasteiger partial charge in [-0.2, -0.15) is 0 Å². The van der Waals surface area contributed by atoms with Crippen molar-refractivity contribution in [3.63, 3.8) is 0 Å². The molecule has 0 aliphatic rings. The first-order valence-corrected chi connectivity index (χ1v) is 15.7. The van der Waals surface area contributed by atoms with E-state index in [4.69, 9.17) is 14.2 Å². The number of benzene rings is 3. The summed E-state index contributed by atoms with van der Waals surface area (Å²) in [4.78, 5) is 38.2. The Morgan fingerprint density at radius 1 is 0.800 bits per heavy atom. The number of ketones is 1. The third-order valence-corrected chi connectivity index (χ3v) is 7.63. The molecule has 1 amide bonds. The van der Waals surface area contributed by atoms with Crippen LogP contribution in [0.5, 0.6) is 5.75 Å². The molecule has 0 bridgehead atoms. The van der Waals surface area contributed by atoms with Gasteiger partial charge in [0.15, 0.2) is 12.4 Å². The summed E-state index contributed by atoms with van der Waals surface area (Å²) in [5, 5.41) is 3.00. The Morgan fingerprint density at radius 3 is 2.00 bits per heavy atom. The number of methoxy groups -OCH3 is 1. The number of Topliss-reactive ketones (excluding diaryl/α,β-unsaturated/α-hetero) is 1. The molecule has 0 heterocycles. The molecule has 7 nitrogen and oxygen atoms in total. The van der Waals surface area contributed by atoms with E-state index >= 15 is 0 Å². The lowest BCUT2D eigenvalue weighted by Gasteiger charge is -2.21. The van der Waals surface area contributed by atoms with Crippen molar-refractivity contribution in [1.82, 2.24) is 5.32 Å². The zero-order chi connectivity index (χ0) is 32.8. The topological polar surface area (TPSA) is 90.9 Å². The zero-order valence-electron chi connectivity index (χ0n) is 27.3. The number of esters is 1. The number of amides is 1. The van der Waals surface area contributed by atoms with E-state index < -0.39 is 12.0 Å². The smallest absolute Gasteiger partial charge is 0.338 e. The van der Waals surface area contributed by atoms with Crippen molar-refractivity contribution in [2.75, 3.05) is 20.3 Å². The number of carbonyl (C=O) groups is 3. The third-order valence-electron chi connectivity index (χ3n) is 7.63. The molecule has 3 aromatic rings. The second kappa shape index (κ2) is 17.2. The van der Waals surface area contributed by atoms with Crippen molar-refractivity contribution >= 4 is 17.7 Å². The van der Waals surface area contributed by atoms with Crippen LogP contribution in [0, 0.1) is 0 Å². The van der Waals surface area contributed by atoms with Gasteiger partial charge in [0.05, 0.1) is 25.3 Å². The molecule has 0 saturated heterocycles. The predicted molar refractivity (Wildman–Crippen MR) is 178 cm³/mol. The highest BCUT2D eigenvalue weighted by Crippen LogP contribution is 2.22. The number of rotatable bonds is 17. The maximum Gasteiger partial charge on any atom is 0.338 e. The zero-order valence-corrected chi connectivity index (χ0v) is 27.3. The number of hydrogen-bond acceptors (Lipinski definition) is 6. The van der Waals surface area contributed by atoms with Gasteiger partial charge in [-0.25, -0.2) is 4.79 Å². The van der Waals surface area contributed by atoms with Crippen LogP contribution in [0.4, 0.5) is 0 Å². The first kappa shape index (κ1) is 35.1. The Kier molecular flexibility index (Phi) is 13.4. The van der Waals surface area contributed by atoms with Crippen molar-refractivity contribution < 1.29 is 28.6 Å². The number of carbonyl (C=O) groups excluding carboxylic acids is 3. The van der Waals surface area contributed by atoms with E-state index in [0.29, 0.717) is 41.2 Å². The van der Waals surface area contributed by atoms with Gasteiger partial charge in [-0.3, -0.25) is 9.59 Å². The number of ether oxygens (including phenoxy) is 3. The van der Waals surface area contributed by atoms with Crippen molar-refractivity contribution in [2.24, 2.45) is 0 Å². The molecule has 7 heteroatoms. The Morgan fingerprint density at radius 2 is 1.40 bits per heavy atom. The molecule has 0 aromatic heterocycles. The standard InChI is InChI=1S/C38H47NO6/c1-7-8-9-10-11-24-44-33-22-18-29(19-23-33)35(40)26-45-37(42)31-14-12-28(13-15-31)25-34(27(2)43-6)39-36(41)30-16-20-32(21-17-30)38(3,4)5/h12-23,34H,2,7-11,24-26H2,1,3-6H3,(H,39,41)/t34-/m0/s1. The van der Waals surface area contributed by atoms with Crippen molar-refractivity contribution in [3.05, 3.63) is 113 Å². The molecule has 240 valence electrons. The highest BCUT2D eigenvalue weighted by molar-refractivity contribution is 5.99. The molecule has 45 heavy (non-hydrogen) atoms. The molecule has 0 aliphatic heterocycles. The molecule has 0 radical (unpaired) electrons. The summed E-state index contributed by atoms with van der Waals surface area (Å²) in [7, 11) is 1.51. The number of unbranched alkanes of at least 4 members (excludes halogenated alkanes) is 4. The van der Waals surface area contributed by atoms with Gasteiger partial charge in [0, 0.05) is 11.1 Å². The minimum atomic E-state index is -0.595. The minimum Gasteiger partial charge on any atom is -0.500 e. The summed E-state index contributed by atoms with van der Waals surface area (Å²) < 4.78 is 16.4. The highest BCUT2D eigenvalue weighted by Gasteiger charge is 2.20. The average Bonchev–Trinajstić information content (AvgIpc) is 3.04. The van der Waals surface area contributed by atoms with Crippen molar-refractivity contribution in [2.45, 2.75) is 77.7 Å². The molecule has 1 N–H and O–H groups in total. The van der Waals surface area contributed by atoms with Crippen LogP contribution in [0.15, 0.2) is 85.1 Å². The largest absolute Gasteiger partial charge is 0.500 e. The Bertz CT molecular complexity index is 1400. The monoisotopic (exact) mass is 613 g/mol. The van der Waals surface area contributed by atoms with Crippen LogP contribution >= 0.6 is 0 Å². The van der Waals surface area contributed by atoms with Crippen molar-refractivity contribution in [3.8, 4) is 5.75 Å². The van der Waals surface area contributed by atoms with Crippen LogP contribution in [0.3, 0.4) is 0 Å². The van der Waals surface area contributed by atoms with E-state index in [0.717, 1.165) is 24.0 Å². The molecule has 0 spiro atoms. The maximum atomic E-state index is 13.0. The lowest BCUT2D eigenvalue weighted by molar-refractivity contribution is 0.0474. The lowest BCUT2D eigenvalue weighted by Crippen LogP contribution is -2.38. The SMILES string of the molecule is C=C(OC)[C@H](Cc1ccc(C(=O)OCC(=O)c2ccc(OCCCCCCC)cc2)cc1)NC(=O)c1ccc(C(C)(C)C)cc1. The molecule has 0 unspecified atom stereocenters. The van der Waals surface area contributed by atoms with Gasteiger partial charge in [-0.15, -0.1) is 0 Å². The van der Waals surface area contributed by atoms with Crippen LogP contribution in [0.1, 0.15) is 102 Å². The van der Waals surface area contributed by atoms with Gasteiger partial charge < -0.3 is 19.5 Å². The van der Waals surface area contributed by atoms with Crippen LogP contribution in [0.2, 0.25) is 0 Å². The molecule has 1 atom stereocenters. The summed E-state index contributed by atoms with van der Waals surface area (Å²) in [6, 6.07) is 20.8. The molecule has 0 aliphatic carbocycles. The highest BCUT2D eigenvalue weighted by atomic mass is 16.5. The predicted octanol–water partition coefficient (Wildman–Crippen LogP) is 7.87. The summed E-state index contributed by atoms with van der Waals surface area (Å²) in [5.74, 6) is 0.00509. The lowest BCUT2D eigenvalue weighted by atomic mass is 9.86. The van der Waals surface area contributed by atoms with E-state index in [-0.39, 0.29) is 23.7 Å². The summed E-state index contributed by atoms with van der Waals surface area (Å²) in [6.07, 6.45) is 6.23. The Balaban J connectivity index is 1.50. The van der Waals surface area contributed by atoms with Gasteiger partial charge in [-0.05, 0) is 77.9 Å². The van der Waals surface area contributed by atoms with Crippen LogP contribution in [-0.4, -0.2) is 44.0 Å². The fraction of sp³-hybridized carbons (Fsp3) is 0.395. The average molecular weight is 614 g/mol. The third kappa shape index (κ3) is 11.2. The van der Waals surface area contributed by atoms with Crippen LogP contribution in [-0.2, 0) is 21.3 Å². The normalized spacial score (nSPS) is 11.8. The van der Waals surface area contributed by atoms with Crippen LogP contribution < -0.4 is 10.1 Å². The molecule has 3 rings (SSSR count). The van der Waals surface area contributed by atoms with E-state index in [1.54, 1.807) is 48.5 Å². The second-order valence-corrected chi connectivity index (χ2v) is 12.2.